The van der Waals surface area contributed by atoms with E-state index in [0.717, 1.165) is 0 Å². The lowest BCUT2D eigenvalue weighted by Gasteiger charge is -2.05. The SMILES string of the molecule is O=Cc1c(Cl)nn(CC(F)F)c1C(F)F. The smallest absolute Gasteiger partial charge is 0.280 e. The van der Waals surface area contributed by atoms with Crippen LogP contribution in [0.15, 0.2) is 0 Å². The summed E-state index contributed by atoms with van der Waals surface area (Å²) < 4.78 is 49.1. The summed E-state index contributed by atoms with van der Waals surface area (Å²) in [6, 6.07) is 0. The van der Waals surface area contributed by atoms with Crippen molar-refractivity contribution in [2.45, 2.75) is 19.4 Å². The highest BCUT2D eigenvalue weighted by molar-refractivity contribution is 6.31. The number of alkyl halides is 4. The third-order valence-corrected chi connectivity index (χ3v) is 1.90. The second kappa shape index (κ2) is 4.61. The minimum atomic E-state index is -3.08. The van der Waals surface area contributed by atoms with E-state index in [9.17, 15) is 22.4 Å². The van der Waals surface area contributed by atoms with Crippen molar-refractivity contribution in [3.63, 3.8) is 0 Å². The molecule has 3 nitrogen and oxygen atoms in total. The van der Waals surface area contributed by atoms with E-state index < -0.39 is 35.8 Å². The van der Waals surface area contributed by atoms with Crippen molar-refractivity contribution >= 4 is 17.9 Å². The van der Waals surface area contributed by atoms with Crippen molar-refractivity contribution in [1.82, 2.24) is 9.78 Å². The molecule has 0 saturated heterocycles. The molecule has 0 saturated carbocycles. The third-order valence-electron chi connectivity index (χ3n) is 1.62. The van der Waals surface area contributed by atoms with Crippen molar-refractivity contribution in [1.29, 1.82) is 0 Å². The number of hydrogen-bond acceptors (Lipinski definition) is 2. The molecule has 0 spiro atoms. The summed E-state index contributed by atoms with van der Waals surface area (Å²) in [6.07, 6.45) is -5.86. The number of carbonyl (C=O) groups is 1. The maximum Gasteiger partial charge on any atom is 0.280 e. The van der Waals surface area contributed by atoms with Crippen LogP contribution in [0.1, 0.15) is 22.5 Å². The summed E-state index contributed by atoms with van der Waals surface area (Å²) in [5, 5.41) is 2.73. The zero-order chi connectivity index (χ0) is 11.6. The van der Waals surface area contributed by atoms with E-state index in [0.29, 0.717) is 4.68 Å². The van der Waals surface area contributed by atoms with Gasteiger partial charge in [-0.15, -0.1) is 0 Å². The van der Waals surface area contributed by atoms with Crippen LogP contribution in [0.4, 0.5) is 17.6 Å². The zero-order valence-electron chi connectivity index (χ0n) is 7.13. The molecular formula is C7H5ClF4N2O. The molecular weight excluding hydrogens is 240 g/mol. The predicted molar refractivity (Wildman–Crippen MR) is 43.6 cm³/mol. The topological polar surface area (TPSA) is 34.9 Å². The average molecular weight is 245 g/mol. The standard InChI is InChI=1S/C7H5ClF4N2O/c8-6-3(2-15)5(7(11)12)14(13-6)1-4(9)10/h2,4,7H,1H2. The van der Waals surface area contributed by atoms with Crippen LogP contribution in [0.3, 0.4) is 0 Å². The third kappa shape index (κ3) is 2.47. The molecule has 84 valence electrons. The molecule has 8 heteroatoms. The molecule has 0 amide bonds. The summed E-state index contributed by atoms with van der Waals surface area (Å²) in [6.45, 7) is -1.02. The molecule has 0 atom stereocenters. The van der Waals surface area contributed by atoms with Crippen molar-refractivity contribution in [3.8, 4) is 0 Å². The Morgan fingerprint density at radius 2 is 2.00 bits per heavy atom. The number of aromatic nitrogens is 2. The van der Waals surface area contributed by atoms with E-state index in [1.165, 1.54) is 0 Å². The molecule has 1 heterocycles. The van der Waals surface area contributed by atoms with Crippen LogP contribution in [-0.4, -0.2) is 22.5 Å². The van der Waals surface area contributed by atoms with Crippen LogP contribution in [0.5, 0.6) is 0 Å². The largest absolute Gasteiger partial charge is 0.298 e. The Balaban J connectivity index is 3.20. The second-order valence-corrected chi connectivity index (χ2v) is 2.94. The quantitative estimate of drug-likeness (QED) is 0.603. The number of nitrogens with zero attached hydrogens (tertiary/aromatic N) is 2. The van der Waals surface area contributed by atoms with Crippen LogP contribution < -0.4 is 0 Å². The molecule has 1 rings (SSSR count). The Kier molecular flexibility index (Phi) is 3.67. The van der Waals surface area contributed by atoms with Crippen LogP contribution in [0.2, 0.25) is 5.15 Å². The van der Waals surface area contributed by atoms with Crippen LogP contribution in [0.25, 0.3) is 0 Å². The fourth-order valence-electron chi connectivity index (χ4n) is 1.07. The normalized spacial score (nSPS) is 11.4. The highest BCUT2D eigenvalue weighted by Gasteiger charge is 2.24. The van der Waals surface area contributed by atoms with Crippen molar-refractivity contribution in [3.05, 3.63) is 16.4 Å². The molecule has 0 fully saturated rings. The van der Waals surface area contributed by atoms with Gasteiger partial charge >= 0.3 is 0 Å². The summed E-state index contributed by atoms with van der Waals surface area (Å²) in [4.78, 5) is 10.4. The fraction of sp³-hybridized carbons (Fsp3) is 0.429. The highest BCUT2D eigenvalue weighted by atomic mass is 35.5. The van der Waals surface area contributed by atoms with Crippen molar-refractivity contribution < 1.29 is 22.4 Å². The molecule has 0 unspecified atom stereocenters. The number of carbonyl (C=O) groups excluding carboxylic acids is 1. The fourth-order valence-corrected chi connectivity index (χ4v) is 1.30. The molecule has 0 aliphatic rings. The first-order valence-electron chi connectivity index (χ1n) is 3.75. The average Bonchev–Trinajstić information content (AvgIpc) is 2.40. The van der Waals surface area contributed by atoms with E-state index in [4.69, 9.17) is 11.6 Å². The van der Waals surface area contributed by atoms with Gasteiger partial charge in [0.1, 0.15) is 12.2 Å². The van der Waals surface area contributed by atoms with Gasteiger partial charge in [0.05, 0.1) is 5.56 Å². The van der Waals surface area contributed by atoms with E-state index in [1.54, 1.807) is 0 Å². The first-order chi connectivity index (χ1) is 6.97. The number of halogens is 5. The molecule has 0 aliphatic heterocycles. The lowest BCUT2D eigenvalue weighted by Crippen LogP contribution is -2.12. The minimum Gasteiger partial charge on any atom is -0.298 e. The lowest BCUT2D eigenvalue weighted by molar-refractivity contribution is 0.100. The van der Waals surface area contributed by atoms with Gasteiger partial charge in [0, 0.05) is 0 Å². The molecule has 1 aromatic rings. The van der Waals surface area contributed by atoms with Crippen molar-refractivity contribution in [2.24, 2.45) is 0 Å². The summed E-state index contributed by atoms with van der Waals surface area (Å²) in [5.74, 6) is 0. The molecule has 0 bridgehead atoms. The number of hydrogen-bond donors (Lipinski definition) is 0. The van der Waals surface area contributed by atoms with Gasteiger partial charge in [-0.3, -0.25) is 9.48 Å². The van der Waals surface area contributed by atoms with Crippen molar-refractivity contribution in [2.75, 3.05) is 0 Å². The maximum absolute atomic E-state index is 12.4. The molecule has 0 radical (unpaired) electrons. The van der Waals surface area contributed by atoms with E-state index in [-0.39, 0.29) is 6.29 Å². The van der Waals surface area contributed by atoms with Crippen LogP contribution in [-0.2, 0) is 6.54 Å². The molecule has 1 aromatic heterocycles. The zero-order valence-corrected chi connectivity index (χ0v) is 7.89. The van der Waals surface area contributed by atoms with E-state index >= 15 is 0 Å². The van der Waals surface area contributed by atoms with E-state index in [1.807, 2.05) is 0 Å². The monoisotopic (exact) mass is 244 g/mol. The molecule has 0 N–H and O–H groups in total. The Bertz CT molecular complexity index is 366. The minimum absolute atomic E-state index is 0.0683. The Morgan fingerprint density at radius 1 is 1.40 bits per heavy atom. The van der Waals surface area contributed by atoms with Gasteiger partial charge in [-0.2, -0.15) is 5.10 Å². The number of rotatable bonds is 4. The second-order valence-electron chi connectivity index (χ2n) is 2.58. The summed E-state index contributed by atoms with van der Waals surface area (Å²) in [7, 11) is 0. The van der Waals surface area contributed by atoms with Crippen LogP contribution in [0, 0.1) is 0 Å². The molecule has 0 aliphatic carbocycles. The summed E-state index contributed by atoms with van der Waals surface area (Å²) in [5.41, 5.74) is -1.43. The maximum atomic E-state index is 12.4. The Morgan fingerprint density at radius 3 is 2.40 bits per heavy atom. The van der Waals surface area contributed by atoms with Gasteiger partial charge in [-0.05, 0) is 0 Å². The molecule has 15 heavy (non-hydrogen) atoms. The number of aldehydes is 1. The molecule has 0 aromatic carbocycles. The predicted octanol–water partition coefficient (Wildman–Crippen LogP) is 2.55. The van der Waals surface area contributed by atoms with E-state index in [2.05, 4.69) is 5.10 Å². The Hall–Kier alpha value is -1.11. The van der Waals surface area contributed by atoms with Gasteiger partial charge in [-0.1, -0.05) is 11.6 Å². The van der Waals surface area contributed by atoms with Gasteiger partial charge in [0.15, 0.2) is 11.4 Å². The van der Waals surface area contributed by atoms with Gasteiger partial charge in [-0.25, -0.2) is 17.6 Å². The van der Waals surface area contributed by atoms with Gasteiger partial charge in [0.25, 0.3) is 12.9 Å². The first-order valence-corrected chi connectivity index (χ1v) is 4.12. The Labute approximate surface area is 86.6 Å². The van der Waals surface area contributed by atoms with Gasteiger partial charge < -0.3 is 0 Å². The van der Waals surface area contributed by atoms with Gasteiger partial charge in [0.2, 0.25) is 0 Å². The lowest BCUT2D eigenvalue weighted by atomic mass is 10.3. The highest BCUT2D eigenvalue weighted by Crippen LogP contribution is 2.27. The first kappa shape index (κ1) is 12.0. The summed E-state index contributed by atoms with van der Waals surface area (Å²) >= 11 is 5.34. The van der Waals surface area contributed by atoms with Crippen LogP contribution >= 0.6 is 11.6 Å².